The van der Waals surface area contributed by atoms with Crippen LogP contribution in [0.15, 0.2) is 18.2 Å². The van der Waals surface area contributed by atoms with Crippen molar-refractivity contribution in [1.82, 2.24) is 4.90 Å². The molecule has 0 atom stereocenters. The van der Waals surface area contributed by atoms with Crippen molar-refractivity contribution in [2.45, 2.75) is 27.3 Å². The van der Waals surface area contributed by atoms with Gasteiger partial charge in [-0.3, -0.25) is 10.3 Å². The molecule has 1 aromatic rings. The maximum Gasteiger partial charge on any atom is 0.123 e. The van der Waals surface area contributed by atoms with E-state index in [1.807, 2.05) is 0 Å². The molecule has 0 fully saturated rings. The van der Waals surface area contributed by atoms with Crippen molar-refractivity contribution >= 4 is 5.84 Å². The normalized spacial score (nSPS) is 11.2. The van der Waals surface area contributed by atoms with Gasteiger partial charge < -0.3 is 5.73 Å². The number of hydrogen-bond donors (Lipinski definition) is 2. The molecule has 0 aromatic heterocycles. The highest BCUT2D eigenvalue weighted by Gasteiger charge is 2.11. The van der Waals surface area contributed by atoms with Crippen LogP contribution < -0.4 is 5.73 Å². The van der Waals surface area contributed by atoms with Gasteiger partial charge in [0.05, 0.1) is 0 Å². The Kier molecular flexibility index (Phi) is 5.28. The van der Waals surface area contributed by atoms with Crippen LogP contribution in [0.3, 0.4) is 0 Å². The summed E-state index contributed by atoms with van der Waals surface area (Å²) in [5.74, 6) is 0.145. The van der Waals surface area contributed by atoms with E-state index in [4.69, 9.17) is 11.1 Å². The van der Waals surface area contributed by atoms with Crippen LogP contribution in [0.1, 0.15) is 31.9 Å². The predicted molar refractivity (Wildman–Crippen MR) is 73.2 cm³/mol. The number of nitrogens with one attached hydrogen (secondary N) is 1. The van der Waals surface area contributed by atoms with Crippen molar-refractivity contribution in [3.05, 3.63) is 35.1 Å². The molecule has 0 heterocycles. The molecular weight excluding hydrogens is 229 g/mol. The monoisotopic (exact) mass is 251 g/mol. The molecule has 3 N–H and O–H groups in total. The molecule has 18 heavy (non-hydrogen) atoms. The van der Waals surface area contributed by atoms with Gasteiger partial charge >= 0.3 is 0 Å². The van der Waals surface area contributed by atoms with Crippen molar-refractivity contribution in [3.63, 3.8) is 0 Å². The summed E-state index contributed by atoms with van der Waals surface area (Å²) in [7, 11) is 0. The van der Waals surface area contributed by atoms with Gasteiger partial charge in [-0.05, 0) is 30.2 Å². The number of nitrogen functional groups attached to an aromatic ring is 1. The van der Waals surface area contributed by atoms with E-state index in [9.17, 15) is 4.39 Å². The third kappa shape index (κ3) is 4.11. The zero-order chi connectivity index (χ0) is 13.7. The number of amidine groups is 1. The van der Waals surface area contributed by atoms with Gasteiger partial charge in [-0.1, -0.05) is 26.8 Å². The fourth-order valence-electron chi connectivity index (χ4n) is 2.00. The minimum absolute atomic E-state index is 0.0786. The van der Waals surface area contributed by atoms with Crippen molar-refractivity contribution in [1.29, 1.82) is 5.41 Å². The summed E-state index contributed by atoms with van der Waals surface area (Å²) in [5, 5.41) is 7.51. The van der Waals surface area contributed by atoms with E-state index in [2.05, 4.69) is 25.7 Å². The molecule has 4 heteroatoms. The fourth-order valence-corrected chi connectivity index (χ4v) is 2.00. The Balaban J connectivity index is 2.91. The second-order valence-electron chi connectivity index (χ2n) is 4.94. The Labute approximate surface area is 108 Å². The fraction of sp³-hybridized carbons (Fsp3) is 0.500. The number of nitrogens with two attached hydrogens (primary N) is 1. The predicted octanol–water partition coefficient (Wildman–Crippen LogP) is 2.59. The van der Waals surface area contributed by atoms with Gasteiger partial charge in [0, 0.05) is 18.7 Å². The lowest BCUT2D eigenvalue weighted by Crippen LogP contribution is -2.28. The van der Waals surface area contributed by atoms with Crippen LogP contribution in [0.2, 0.25) is 0 Å². The molecule has 0 aliphatic heterocycles. The molecule has 0 aliphatic carbocycles. The molecule has 1 rings (SSSR count). The molecule has 0 radical (unpaired) electrons. The molecule has 0 aliphatic rings. The number of halogens is 1. The van der Waals surface area contributed by atoms with E-state index >= 15 is 0 Å². The Bertz CT molecular complexity index is 416. The zero-order valence-corrected chi connectivity index (χ0v) is 11.3. The quantitative estimate of drug-likeness (QED) is 0.603. The van der Waals surface area contributed by atoms with Gasteiger partial charge in [0.25, 0.3) is 0 Å². The number of nitrogens with zero attached hydrogens (tertiary/aromatic N) is 1. The summed E-state index contributed by atoms with van der Waals surface area (Å²) in [5.41, 5.74) is 6.91. The first-order valence-corrected chi connectivity index (χ1v) is 6.29. The zero-order valence-electron chi connectivity index (χ0n) is 11.3. The molecule has 1 aromatic carbocycles. The molecular formula is C14H22FN3. The molecule has 0 unspecified atom stereocenters. The van der Waals surface area contributed by atoms with Crippen molar-refractivity contribution in [2.75, 3.05) is 13.1 Å². The van der Waals surface area contributed by atoms with E-state index in [0.29, 0.717) is 18.0 Å². The van der Waals surface area contributed by atoms with Gasteiger partial charge in [-0.2, -0.15) is 0 Å². The van der Waals surface area contributed by atoms with Crippen LogP contribution in [0.5, 0.6) is 0 Å². The van der Waals surface area contributed by atoms with Gasteiger partial charge in [-0.15, -0.1) is 0 Å². The van der Waals surface area contributed by atoms with E-state index in [-0.39, 0.29) is 11.7 Å². The summed E-state index contributed by atoms with van der Waals surface area (Å²) >= 11 is 0. The summed E-state index contributed by atoms with van der Waals surface area (Å²) in [6.45, 7) is 9.03. The Hall–Kier alpha value is -1.42. The van der Waals surface area contributed by atoms with Crippen LogP contribution in [-0.4, -0.2) is 23.8 Å². The summed E-state index contributed by atoms with van der Waals surface area (Å²) in [6.07, 6.45) is 0. The highest BCUT2D eigenvalue weighted by molar-refractivity contribution is 5.96. The minimum Gasteiger partial charge on any atom is -0.384 e. The van der Waals surface area contributed by atoms with Gasteiger partial charge in [0.1, 0.15) is 11.7 Å². The van der Waals surface area contributed by atoms with Crippen LogP contribution in [0.4, 0.5) is 4.39 Å². The number of benzene rings is 1. The van der Waals surface area contributed by atoms with Crippen molar-refractivity contribution < 1.29 is 4.39 Å². The Morgan fingerprint density at radius 1 is 1.44 bits per heavy atom. The highest BCUT2D eigenvalue weighted by atomic mass is 19.1. The second kappa shape index (κ2) is 6.50. The number of hydrogen-bond acceptors (Lipinski definition) is 2. The maximum atomic E-state index is 13.2. The third-order valence-electron chi connectivity index (χ3n) is 2.83. The second-order valence-corrected chi connectivity index (χ2v) is 4.94. The lowest BCUT2D eigenvalue weighted by molar-refractivity contribution is 0.248. The molecule has 0 saturated carbocycles. The number of rotatable bonds is 6. The summed E-state index contributed by atoms with van der Waals surface area (Å²) in [4.78, 5) is 2.27. The molecule has 0 spiro atoms. The largest absolute Gasteiger partial charge is 0.384 e. The Morgan fingerprint density at radius 2 is 2.11 bits per heavy atom. The average molecular weight is 251 g/mol. The first kappa shape index (κ1) is 14.6. The van der Waals surface area contributed by atoms with Gasteiger partial charge in [0.15, 0.2) is 0 Å². The average Bonchev–Trinajstić information content (AvgIpc) is 2.29. The van der Waals surface area contributed by atoms with E-state index in [0.717, 1.165) is 18.7 Å². The summed E-state index contributed by atoms with van der Waals surface area (Å²) in [6, 6.07) is 4.47. The van der Waals surface area contributed by atoms with E-state index in [1.54, 1.807) is 6.07 Å². The Morgan fingerprint density at radius 3 is 2.61 bits per heavy atom. The van der Waals surface area contributed by atoms with Crippen LogP contribution in [0.25, 0.3) is 0 Å². The molecule has 0 amide bonds. The van der Waals surface area contributed by atoms with Crippen LogP contribution in [-0.2, 0) is 6.54 Å². The minimum atomic E-state index is -0.351. The standard InChI is InChI=1S/C14H22FN3/c1-4-18(8-10(2)3)9-11-5-6-12(15)7-13(11)14(16)17/h5-7,10H,4,8-9H2,1-3H3,(H3,16,17). The maximum absolute atomic E-state index is 13.2. The first-order valence-electron chi connectivity index (χ1n) is 6.29. The van der Waals surface area contributed by atoms with Gasteiger partial charge in [0.2, 0.25) is 0 Å². The van der Waals surface area contributed by atoms with Crippen molar-refractivity contribution in [2.24, 2.45) is 11.7 Å². The topological polar surface area (TPSA) is 53.1 Å². The van der Waals surface area contributed by atoms with Crippen molar-refractivity contribution in [3.8, 4) is 0 Å². The molecule has 0 bridgehead atoms. The lowest BCUT2D eigenvalue weighted by atomic mass is 10.1. The van der Waals surface area contributed by atoms with Crippen LogP contribution in [0, 0.1) is 17.1 Å². The lowest BCUT2D eigenvalue weighted by Gasteiger charge is -2.23. The molecule has 0 saturated heterocycles. The van der Waals surface area contributed by atoms with Gasteiger partial charge in [-0.25, -0.2) is 4.39 Å². The summed E-state index contributed by atoms with van der Waals surface area (Å²) < 4.78 is 13.2. The van der Waals surface area contributed by atoms with E-state index < -0.39 is 0 Å². The van der Waals surface area contributed by atoms with Crippen LogP contribution >= 0.6 is 0 Å². The SMILES string of the molecule is CCN(Cc1ccc(F)cc1C(=N)N)CC(C)C. The first-order chi connectivity index (χ1) is 8.43. The molecule has 3 nitrogen and oxygen atoms in total. The third-order valence-corrected chi connectivity index (χ3v) is 2.83. The smallest absolute Gasteiger partial charge is 0.123 e. The highest BCUT2D eigenvalue weighted by Crippen LogP contribution is 2.14. The van der Waals surface area contributed by atoms with E-state index in [1.165, 1.54) is 12.1 Å². The molecule has 100 valence electrons.